The van der Waals surface area contributed by atoms with Gasteiger partial charge in [0.1, 0.15) is 5.82 Å². The quantitative estimate of drug-likeness (QED) is 0.741. The van der Waals surface area contributed by atoms with E-state index in [4.69, 9.17) is 23.2 Å². The fourth-order valence-electron chi connectivity index (χ4n) is 1.22. The number of benzene rings is 1. The van der Waals surface area contributed by atoms with Crippen LogP contribution in [0.15, 0.2) is 30.3 Å². The molecule has 0 saturated carbocycles. The van der Waals surface area contributed by atoms with E-state index in [2.05, 4.69) is 0 Å². The third-order valence-corrected chi connectivity index (χ3v) is 3.52. The van der Waals surface area contributed by atoms with Crippen molar-refractivity contribution >= 4 is 40.3 Å². The molecule has 5 heteroatoms. The topological polar surface area (TPSA) is 17.1 Å². The molecule has 1 nitrogen and oxygen atoms in total. The Balaban J connectivity index is 2.38. The van der Waals surface area contributed by atoms with Gasteiger partial charge in [0, 0.05) is 5.56 Å². The molecule has 0 radical (unpaired) electrons. The van der Waals surface area contributed by atoms with Crippen LogP contribution in [0.2, 0.25) is 9.36 Å². The van der Waals surface area contributed by atoms with E-state index in [-0.39, 0.29) is 16.4 Å². The van der Waals surface area contributed by atoms with Crippen molar-refractivity contribution in [2.75, 3.05) is 0 Å². The van der Waals surface area contributed by atoms with Gasteiger partial charge in [0.15, 0.2) is 0 Å². The van der Waals surface area contributed by atoms with Crippen molar-refractivity contribution in [3.8, 4) is 0 Å². The fraction of sp³-hybridized carbons (Fsp3) is 0. The summed E-state index contributed by atoms with van der Waals surface area (Å²) in [4.78, 5) is 12.3. The van der Waals surface area contributed by atoms with Crippen LogP contribution >= 0.6 is 34.5 Å². The van der Waals surface area contributed by atoms with Crippen molar-refractivity contribution in [3.05, 3.63) is 55.9 Å². The summed E-state index contributed by atoms with van der Waals surface area (Å²) in [6.07, 6.45) is 0. The highest BCUT2D eigenvalue weighted by Gasteiger charge is 2.13. The zero-order chi connectivity index (χ0) is 11.7. The van der Waals surface area contributed by atoms with Crippen molar-refractivity contribution < 1.29 is 9.18 Å². The lowest BCUT2D eigenvalue weighted by atomic mass is 10.1. The Hall–Kier alpha value is -0.900. The van der Waals surface area contributed by atoms with E-state index in [0.717, 1.165) is 17.4 Å². The first-order chi connectivity index (χ1) is 7.58. The summed E-state index contributed by atoms with van der Waals surface area (Å²) in [6.45, 7) is 0. The van der Waals surface area contributed by atoms with Crippen molar-refractivity contribution in [1.82, 2.24) is 0 Å². The third-order valence-electron chi connectivity index (χ3n) is 1.98. The Morgan fingerprint density at radius 1 is 1.19 bits per heavy atom. The first-order valence-electron chi connectivity index (χ1n) is 4.33. The van der Waals surface area contributed by atoms with Crippen LogP contribution in [0.5, 0.6) is 0 Å². The molecule has 0 fully saturated rings. The smallest absolute Gasteiger partial charge is 0.203 e. The summed E-state index contributed by atoms with van der Waals surface area (Å²) in [5.41, 5.74) is 0.264. The predicted molar refractivity (Wildman–Crippen MR) is 64.2 cm³/mol. The Morgan fingerprint density at radius 3 is 2.50 bits per heavy atom. The zero-order valence-electron chi connectivity index (χ0n) is 7.84. The first kappa shape index (κ1) is 11.6. The Bertz CT molecular complexity index is 551. The van der Waals surface area contributed by atoms with Gasteiger partial charge in [0.25, 0.3) is 0 Å². The lowest BCUT2D eigenvalue weighted by molar-refractivity contribution is 0.104. The average Bonchev–Trinajstić information content (AvgIpc) is 2.68. The van der Waals surface area contributed by atoms with Crippen LogP contribution in [-0.4, -0.2) is 5.78 Å². The standard InChI is InChI=1S/C11H5Cl2FOS/c12-7-2-1-6(5-8(7)14)11(15)9-3-4-10(13)16-9/h1-5H. The van der Waals surface area contributed by atoms with E-state index in [1.807, 2.05) is 0 Å². The van der Waals surface area contributed by atoms with Gasteiger partial charge in [-0.1, -0.05) is 23.2 Å². The SMILES string of the molecule is O=C(c1ccc(Cl)c(F)c1)c1ccc(Cl)s1. The van der Waals surface area contributed by atoms with Crippen LogP contribution in [0.1, 0.15) is 15.2 Å². The molecule has 0 saturated heterocycles. The van der Waals surface area contributed by atoms with Gasteiger partial charge in [-0.05, 0) is 30.3 Å². The highest BCUT2D eigenvalue weighted by molar-refractivity contribution is 7.18. The molecule has 2 rings (SSSR count). The maximum absolute atomic E-state index is 13.2. The van der Waals surface area contributed by atoms with Crippen molar-refractivity contribution in [2.45, 2.75) is 0 Å². The van der Waals surface area contributed by atoms with E-state index >= 15 is 0 Å². The molecule has 0 unspecified atom stereocenters. The van der Waals surface area contributed by atoms with Gasteiger partial charge in [0.05, 0.1) is 14.2 Å². The number of rotatable bonds is 2. The van der Waals surface area contributed by atoms with Crippen LogP contribution in [0.3, 0.4) is 0 Å². The minimum absolute atomic E-state index is 0.000706. The lowest BCUT2D eigenvalue weighted by Crippen LogP contribution is -1.98. The summed E-state index contributed by atoms with van der Waals surface area (Å²) in [5, 5.41) is 0.000706. The van der Waals surface area contributed by atoms with Gasteiger partial charge in [-0.15, -0.1) is 11.3 Å². The fourth-order valence-corrected chi connectivity index (χ4v) is 2.34. The van der Waals surface area contributed by atoms with Gasteiger partial charge >= 0.3 is 0 Å². The molecule has 0 spiro atoms. The molecular weight excluding hydrogens is 270 g/mol. The number of halogens is 3. The number of ketones is 1. The lowest BCUT2D eigenvalue weighted by Gasteiger charge is -1.99. The number of carbonyl (C=O) groups excluding carboxylic acids is 1. The van der Waals surface area contributed by atoms with Crippen molar-refractivity contribution in [1.29, 1.82) is 0 Å². The molecule has 0 N–H and O–H groups in total. The van der Waals surface area contributed by atoms with Gasteiger partial charge in [0.2, 0.25) is 5.78 Å². The molecular formula is C11H5Cl2FOS. The van der Waals surface area contributed by atoms with Crippen molar-refractivity contribution in [2.24, 2.45) is 0 Å². The molecule has 0 atom stereocenters. The molecule has 16 heavy (non-hydrogen) atoms. The first-order valence-corrected chi connectivity index (χ1v) is 5.90. The molecule has 0 bridgehead atoms. The predicted octanol–water partition coefficient (Wildman–Crippen LogP) is 4.43. The van der Waals surface area contributed by atoms with E-state index in [1.165, 1.54) is 12.1 Å². The third kappa shape index (κ3) is 2.26. The minimum atomic E-state index is -0.602. The molecule has 82 valence electrons. The van der Waals surface area contributed by atoms with Gasteiger partial charge < -0.3 is 0 Å². The number of thiophene rings is 1. The normalized spacial score (nSPS) is 10.4. The molecule has 0 aliphatic carbocycles. The molecule has 0 amide bonds. The van der Waals surface area contributed by atoms with E-state index in [0.29, 0.717) is 9.21 Å². The Morgan fingerprint density at radius 2 is 1.94 bits per heavy atom. The largest absolute Gasteiger partial charge is 0.288 e. The second kappa shape index (κ2) is 4.53. The van der Waals surface area contributed by atoms with Gasteiger partial charge in [-0.2, -0.15) is 0 Å². The van der Waals surface area contributed by atoms with Crippen LogP contribution in [0, 0.1) is 5.82 Å². The monoisotopic (exact) mass is 274 g/mol. The molecule has 1 heterocycles. The van der Waals surface area contributed by atoms with Crippen LogP contribution in [0.25, 0.3) is 0 Å². The molecule has 2 aromatic rings. The Kier molecular flexibility index (Phi) is 3.28. The highest BCUT2D eigenvalue weighted by Crippen LogP contribution is 2.25. The summed E-state index contributed by atoms with van der Waals surface area (Å²) in [7, 11) is 0. The second-order valence-corrected chi connectivity index (χ2v) is 5.18. The van der Waals surface area contributed by atoms with Crippen LogP contribution in [0.4, 0.5) is 4.39 Å². The molecule has 0 aliphatic rings. The van der Waals surface area contributed by atoms with E-state index in [9.17, 15) is 9.18 Å². The summed E-state index contributed by atoms with van der Waals surface area (Å²) < 4.78 is 13.7. The minimum Gasteiger partial charge on any atom is -0.288 e. The molecule has 0 aliphatic heterocycles. The average molecular weight is 275 g/mol. The maximum Gasteiger partial charge on any atom is 0.203 e. The van der Waals surface area contributed by atoms with Gasteiger partial charge in [-0.3, -0.25) is 4.79 Å². The Labute approximate surface area is 105 Å². The summed E-state index contributed by atoms with van der Waals surface area (Å²) >= 11 is 12.4. The summed E-state index contributed by atoms with van der Waals surface area (Å²) in [5.74, 6) is -0.859. The number of hydrogen-bond donors (Lipinski definition) is 0. The maximum atomic E-state index is 13.2. The highest BCUT2D eigenvalue weighted by atomic mass is 35.5. The van der Waals surface area contributed by atoms with Gasteiger partial charge in [-0.25, -0.2) is 4.39 Å². The van der Waals surface area contributed by atoms with Crippen molar-refractivity contribution in [3.63, 3.8) is 0 Å². The zero-order valence-corrected chi connectivity index (χ0v) is 10.2. The van der Waals surface area contributed by atoms with E-state index < -0.39 is 5.82 Å². The molecule has 1 aromatic carbocycles. The van der Waals surface area contributed by atoms with Crippen LogP contribution < -0.4 is 0 Å². The number of hydrogen-bond acceptors (Lipinski definition) is 2. The van der Waals surface area contributed by atoms with Crippen LogP contribution in [-0.2, 0) is 0 Å². The second-order valence-electron chi connectivity index (χ2n) is 3.06. The number of carbonyl (C=O) groups is 1. The molecule has 1 aromatic heterocycles. The summed E-state index contributed by atoms with van der Waals surface area (Å²) in [6, 6.07) is 7.21. The van der Waals surface area contributed by atoms with E-state index in [1.54, 1.807) is 12.1 Å².